The highest BCUT2D eigenvalue weighted by atomic mass is 19.4. The predicted octanol–water partition coefficient (Wildman–Crippen LogP) is 4.32. The number of hydrogen-bond acceptors (Lipinski definition) is 2. The smallest absolute Gasteiger partial charge is 0.373 e. The molecule has 0 amide bonds. The number of aliphatic hydroxyl groups is 1. The molecular weight excluding hydrogens is 336 g/mol. The molecule has 1 aromatic heterocycles. The van der Waals surface area contributed by atoms with Crippen molar-refractivity contribution in [2.45, 2.75) is 17.7 Å². The van der Waals surface area contributed by atoms with Crippen molar-refractivity contribution in [2.75, 3.05) is 0 Å². The van der Waals surface area contributed by atoms with Crippen LogP contribution in [0.1, 0.15) is 11.3 Å². The molecule has 0 saturated heterocycles. The Morgan fingerprint density at radius 2 is 1.54 bits per heavy atom. The van der Waals surface area contributed by atoms with Crippen molar-refractivity contribution < 1.29 is 31.4 Å². The van der Waals surface area contributed by atoms with Gasteiger partial charge in [-0.25, -0.2) is 4.39 Å². The molecule has 0 fully saturated rings. The number of hydrogen-bond donors (Lipinski definition) is 1. The molecule has 0 bridgehead atoms. The zero-order valence-corrected chi connectivity index (χ0v) is 11.9. The highest BCUT2D eigenvalue weighted by molar-refractivity contribution is 5.52. The van der Waals surface area contributed by atoms with E-state index in [1.807, 2.05) is 0 Å². The first-order chi connectivity index (χ1) is 11.1. The van der Waals surface area contributed by atoms with Crippen LogP contribution in [0.25, 0.3) is 6.08 Å². The lowest BCUT2D eigenvalue weighted by Gasteiger charge is -2.34. The quantitative estimate of drug-likeness (QED) is 0.836. The van der Waals surface area contributed by atoms with E-state index >= 15 is 0 Å². The van der Waals surface area contributed by atoms with Crippen molar-refractivity contribution in [1.82, 2.24) is 4.98 Å². The van der Waals surface area contributed by atoms with Gasteiger partial charge >= 0.3 is 12.1 Å². The normalized spacial score (nSPS) is 15.5. The molecule has 1 N–H and O–H groups in total. The number of halogens is 6. The summed E-state index contributed by atoms with van der Waals surface area (Å²) >= 11 is 0. The predicted molar refractivity (Wildman–Crippen MR) is 74.6 cm³/mol. The summed E-state index contributed by atoms with van der Waals surface area (Å²) in [5.41, 5.74) is -4.46. The van der Waals surface area contributed by atoms with E-state index in [-0.39, 0.29) is 5.56 Å². The molecule has 1 atom stereocenters. The van der Waals surface area contributed by atoms with Crippen LogP contribution in [0.2, 0.25) is 0 Å². The van der Waals surface area contributed by atoms with E-state index in [1.165, 1.54) is 12.1 Å². The number of rotatable bonds is 4. The fourth-order valence-electron chi connectivity index (χ4n) is 1.95. The summed E-state index contributed by atoms with van der Waals surface area (Å²) in [6.07, 6.45) is -3.88. The SMILES string of the molecule is OC(/C=C/c1ccc(F)cc1)(c1ccccn1)C(F)(F)C(F)(F)F. The summed E-state index contributed by atoms with van der Waals surface area (Å²) in [7, 11) is 0. The van der Waals surface area contributed by atoms with Gasteiger partial charge in [-0.1, -0.05) is 24.3 Å². The monoisotopic (exact) mass is 347 g/mol. The van der Waals surface area contributed by atoms with Crippen LogP contribution in [0.5, 0.6) is 0 Å². The molecule has 2 nitrogen and oxygen atoms in total. The maximum absolute atomic E-state index is 13.9. The molecule has 8 heteroatoms. The highest BCUT2D eigenvalue weighted by Gasteiger charge is 2.70. The standard InChI is InChI=1S/C16H11F6NO/c17-12-6-4-11(5-7-12)8-9-14(24,13-3-1-2-10-23-13)15(18,19)16(20,21)22/h1-10,24H/b9-8+. The van der Waals surface area contributed by atoms with Gasteiger partial charge in [0, 0.05) is 6.20 Å². The Hall–Kier alpha value is -2.35. The number of benzene rings is 1. The average molecular weight is 347 g/mol. The zero-order valence-electron chi connectivity index (χ0n) is 11.9. The van der Waals surface area contributed by atoms with Crippen LogP contribution < -0.4 is 0 Å². The molecule has 1 aromatic carbocycles. The summed E-state index contributed by atoms with van der Waals surface area (Å²) in [5, 5.41) is 10.2. The lowest BCUT2D eigenvalue weighted by atomic mass is 9.89. The van der Waals surface area contributed by atoms with Crippen molar-refractivity contribution >= 4 is 6.08 Å². The van der Waals surface area contributed by atoms with Crippen LogP contribution in [0.3, 0.4) is 0 Å². The molecular formula is C16H11F6NO. The topological polar surface area (TPSA) is 33.1 Å². The van der Waals surface area contributed by atoms with Gasteiger partial charge in [0.15, 0.2) is 5.60 Å². The summed E-state index contributed by atoms with van der Waals surface area (Å²) in [5.74, 6) is -6.10. The summed E-state index contributed by atoms with van der Waals surface area (Å²) in [6, 6.07) is 7.66. The van der Waals surface area contributed by atoms with Gasteiger partial charge in [-0.3, -0.25) is 4.98 Å². The van der Waals surface area contributed by atoms with Crippen LogP contribution in [-0.4, -0.2) is 22.2 Å². The molecule has 0 saturated carbocycles. The third kappa shape index (κ3) is 3.28. The Bertz CT molecular complexity index is 712. The molecule has 1 unspecified atom stereocenters. The van der Waals surface area contributed by atoms with Gasteiger partial charge in [0.25, 0.3) is 0 Å². The van der Waals surface area contributed by atoms with E-state index in [2.05, 4.69) is 4.98 Å². The lowest BCUT2D eigenvalue weighted by Crippen LogP contribution is -2.54. The second kappa shape index (κ2) is 6.27. The third-order valence-electron chi connectivity index (χ3n) is 3.28. The van der Waals surface area contributed by atoms with Gasteiger partial charge in [0.2, 0.25) is 0 Å². The van der Waals surface area contributed by atoms with Crippen LogP contribution in [0.15, 0.2) is 54.7 Å². The first-order valence-corrected chi connectivity index (χ1v) is 6.61. The zero-order chi connectivity index (χ0) is 18.0. The van der Waals surface area contributed by atoms with Crippen molar-refractivity contribution in [3.05, 3.63) is 71.8 Å². The molecule has 128 valence electrons. The molecule has 0 radical (unpaired) electrons. The summed E-state index contributed by atoms with van der Waals surface area (Å²) in [6.45, 7) is 0. The second-order valence-electron chi connectivity index (χ2n) is 4.94. The number of alkyl halides is 5. The van der Waals surface area contributed by atoms with E-state index in [0.717, 1.165) is 42.6 Å². The van der Waals surface area contributed by atoms with E-state index < -0.39 is 29.2 Å². The van der Waals surface area contributed by atoms with Crippen molar-refractivity contribution in [3.8, 4) is 0 Å². The fourth-order valence-corrected chi connectivity index (χ4v) is 1.95. The number of aromatic nitrogens is 1. The maximum Gasteiger partial charge on any atom is 0.457 e. The molecule has 2 rings (SSSR count). The highest BCUT2D eigenvalue weighted by Crippen LogP contribution is 2.48. The Morgan fingerprint density at radius 3 is 2.04 bits per heavy atom. The van der Waals surface area contributed by atoms with E-state index in [1.54, 1.807) is 0 Å². The minimum absolute atomic E-state index is 0.128. The Labute approximate surface area is 133 Å². The number of nitrogens with zero attached hydrogens (tertiary/aromatic N) is 1. The molecule has 0 aliphatic heterocycles. The molecule has 2 aromatic rings. The van der Waals surface area contributed by atoms with E-state index in [4.69, 9.17) is 0 Å². The molecule has 0 aliphatic carbocycles. The van der Waals surface area contributed by atoms with Crippen LogP contribution in [0.4, 0.5) is 26.3 Å². The number of pyridine rings is 1. The van der Waals surface area contributed by atoms with Gasteiger partial charge in [-0.15, -0.1) is 0 Å². The first kappa shape index (κ1) is 18.0. The minimum Gasteiger partial charge on any atom is -0.373 e. The molecule has 0 aliphatic rings. The Morgan fingerprint density at radius 1 is 0.917 bits per heavy atom. The van der Waals surface area contributed by atoms with Crippen molar-refractivity contribution in [2.24, 2.45) is 0 Å². The Kier molecular flexibility index (Phi) is 4.70. The minimum atomic E-state index is -6.01. The first-order valence-electron chi connectivity index (χ1n) is 6.61. The van der Waals surface area contributed by atoms with Gasteiger partial charge in [0.1, 0.15) is 5.82 Å². The van der Waals surface area contributed by atoms with E-state index in [9.17, 15) is 31.4 Å². The van der Waals surface area contributed by atoms with Crippen LogP contribution in [-0.2, 0) is 5.60 Å². The summed E-state index contributed by atoms with van der Waals surface area (Å²) in [4.78, 5) is 3.42. The Balaban J connectivity index is 2.53. The largest absolute Gasteiger partial charge is 0.457 e. The van der Waals surface area contributed by atoms with Crippen molar-refractivity contribution in [1.29, 1.82) is 0 Å². The second-order valence-corrected chi connectivity index (χ2v) is 4.94. The molecule has 24 heavy (non-hydrogen) atoms. The average Bonchev–Trinajstić information content (AvgIpc) is 2.53. The van der Waals surface area contributed by atoms with Gasteiger partial charge in [-0.2, -0.15) is 22.0 Å². The van der Waals surface area contributed by atoms with Crippen LogP contribution >= 0.6 is 0 Å². The van der Waals surface area contributed by atoms with E-state index in [0.29, 0.717) is 6.08 Å². The van der Waals surface area contributed by atoms with Gasteiger partial charge in [-0.05, 0) is 35.9 Å². The van der Waals surface area contributed by atoms with Gasteiger partial charge in [0.05, 0.1) is 5.69 Å². The van der Waals surface area contributed by atoms with Crippen LogP contribution in [0, 0.1) is 5.82 Å². The fraction of sp³-hybridized carbons (Fsp3) is 0.188. The van der Waals surface area contributed by atoms with Gasteiger partial charge < -0.3 is 5.11 Å². The lowest BCUT2D eigenvalue weighted by molar-refractivity contribution is -0.335. The molecule has 0 spiro atoms. The third-order valence-corrected chi connectivity index (χ3v) is 3.28. The summed E-state index contributed by atoms with van der Waals surface area (Å²) < 4.78 is 78.9. The molecule has 1 heterocycles. The van der Waals surface area contributed by atoms with Crippen molar-refractivity contribution in [3.63, 3.8) is 0 Å². The maximum atomic E-state index is 13.9.